The van der Waals surface area contributed by atoms with E-state index in [2.05, 4.69) is 10.2 Å². The molecule has 0 saturated carbocycles. The molecule has 2 aromatic rings. The van der Waals surface area contributed by atoms with Crippen molar-refractivity contribution in [2.24, 2.45) is 10.2 Å². The normalized spacial score (nSPS) is 11.2. The Bertz CT molecular complexity index is 849. The Balaban J connectivity index is 0.00000264. The summed E-state index contributed by atoms with van der Waals surface area (Å²) in [5, 5.41) is 27.6. The third-order valence-corrected chi connectivity index (χ3v) is 3.45. The van der Waals surface area contributed by atoms with Crippen LogP contribution >= 0.6 is 0 Å². The molecule has 0 atom stereocenters. The predicted molar refractivity (Wildman–Crippen MR) is 71.4 cm³/mol. The summed E-state index contributed by atoms with van der Waals surface area (Å²) >= 11 is 0. The fraction of sp³-hybridized carbons (Fsp3) is 0. The third-order valence-electron chi connectivity index (χ3n) is 2.60. The van der Waals surface area contributed by atoms with Gasteiger partial charge in [-0.1, -0.05) is 11.8 Å². The predicted octanol–water partition coefficient (Wildman–Crippen LogP) is -1.22. The van der Waals surface area contributed by atoms with Gasteiger partial charge in [0.05, 0.1) is 21.8 Å². The summed E-state index contributed by atoms with van der Waals surface area (Å²) in [4.78, 5) is 10.4. The van der Waals surface area contributed by atoms with Crippen LogP contribution in [0.2, 0.25) is 0 Å². The van der Waals surface area contributed by atoms with Gasteiger partial charge in [-0.3, -0.25) is 0 Å². The number of hydrogen-bond donors (Lipinski definition) is 1. The van der Waals surface area contributed by atoms with Crippen molar-refractivity contribution in [3.8, 4) is 5.75 Å². The zero-order valence-electron chi connectivity index (χ0n) is 11.8. The van der Waals surface area contributed by atoms with Crippen molar-refractivity contribution in [3.05, 3.63) is 48.0 Å². The molecule has 0 fully saturated rings. The molecule has 0 spiro atoms. The smallest absolute Gasteiger partial charge is 0.872 e. The number of benzene rings is 2. The Morgan fingerprint density at radius 3 is 2.04 bits per heavy atom. The van der Waals surface area contributed by atoms with Gasteiger partial charge in [-0.15, -0.1) is 0 Å². The summed E-state index contributed by atoms with van der Waals surface area (Å²) in [6.45, 7) is 0. The van der Waals surface area contributed by atoms with E-state index >= 15 is 0 Å². The summed E-state index contributed by atoms with van der Waals surface area (Å²) in [6.07, 6.45) is 0. The Morgan fingerprint density at radius 2 is 1.52 bits per heavy atom. The van der Waals surface area contributed by atoms with Crippen LogP contribution in [0.25, 0.3) is 0 Å². The molecule has 0 bridgehead atoms. The summed E-state index contributed by atoms with van der Waals surface area (Å²) in [5.41, 5.74) is -0.0164. The van der Waals surface area contributed by atoms with E-state index in [9.17, 15) is 22.9 Å². The molecule has 0 amide bonds. The van der Waals surface area contributed by atoms with E-state index in [0.29, 0.717) is 0 Å². The molecule has 23 heavy (non-hydrogen) atoms. The van der Waals surface area contributed by atoms with Gasteiger partial charge in [-0.05, 0) is 36.4 Å². The first-order valence-corrected chi connectivity index (χ1v) is 7.20. The molecule has 0 unspecified atom stereocenters. The second-order valence-electron chi connectivity index (χ2n) is 4.13. The largest absolute Gasteiger partial charge is 1.00 e. The molecular formula is C13H8N2NaO6S-. The monoisotopic (exact) mass is 343 g/mol. The van der Waals surface area contributed by atoms with Crippen LogP contribution in [0.15, 0.2) is 57.6 Å². The Hall–Kier alpha value is -1.78. The zero-order valence-corrected chi connectivity index (χ0v) is 14.6. The van der Waals surface area contributed by atoms with Gasteiger partial charge >= 0.3 is 35.5 Å². The molecule has 0 radical (unpaired) electrons. The van der Waals surface area contributed by atoms with Gasteiger partial charge in [-0.2, -0.15) is 10.2 Å². The first kappa shape index (κ1) is 19.3. The third kappa shape index (κ3) is 5.12. The number of carboxylic acid groups (broad SMARTS) is 1. The van der Waals surface area contributed by atoms with Crippen molar-refractivity contribution in [2.75, 3.05) is 0 Å². The van der Waals surface area contributed by atoms with Gasteiger partial charge in [0.25, 0.3) is 0 Å². The standard InChI is InChI=1S/C13H10N2O6S.Na/c16-12-6-3-9(7-11(12)13(17)18)15-14-8-1-4-10(5-2-8)22(19,20)21;/h1-7,16H,(H,17,18)(H,19,20,21);/q;+1/p-2. The van der Waals surface area contributed by atoms with Crippen LogP contribution in [-0.4, -0.2) is 24.0 Å². The molecule has 0 aliphatic carbocycles. The molecular weight excluding hydrogens is 335 g/mol. The molecule has 1 N–H and O–H groups in total. The van der Waals surface area contributed by atoms with E-state index in [4.69, 9.17) is 5.11 Å². The molecule has 2 aromatic carbocycles. The van der Waals surface area contributed by atoms with E-state index < -0.39 is 32.3 Å². The second kappa shape index (κ2) is 7.66. The second-order valence-corrected chi connectivity index (χ2v) is 5.51. The van der Waals surface area contributed by atoms with E-state index in [1.54, 1.807) is 0 Å². The van der Waals surface area contributed by atoms with Gasteiger partial charge in [0.2, 0.25) is 0 Å². The Kier molecular flexibility index (Phi) is 6.42. The fourth-order valence-electron chi connectivity index (χ4n) is 1.54. The van der Waals surface area contributed by atoms with Crippen LogP contribution < -0.4 is 34.7 Å². The van der Waals surface area contributed by atoms with Crippen molar-refractivity contribution < 1.29 is 57.5 Å². The van der Waals surface area contributed by atoms with E-state index in [1.807, 2.05) is 0 Å². The number of rotatable bonds is 4. The summed E-state index contributed by atoms with van der Waals surface area (Å²) in [6, 6.07) is 8.15. The minimum atomic E-state index is -4.53. The number of hydrogen-bond acceptors (Lipinski definition) is 7. The van der Waals surface area contributed by atoms with Crippen LogP contribution in [0.1, 0.15) is 10.4 Å². The van der Waals surface area contributed by atoms with Crippen molar-refractivity contribution >= 4 is 27.5 Å². The fourth-order valence-corrected chi connectivity index (χ4v) is 2.01. The number of carboxylic acids is 1. The SMILES string of the molecule is O=C(O)c1cc(N=Nc2ccc(S(=O)(=O)[O-])cc2)ccc1[O-].[Na+]. The van der Waals surface area contributed by atoms with Crippen LogP contribution in [-0.2, 0) is 10.1 Å². The average Bonchev–Trinajstić information content (AvgIpc) is 2.45. The molecule has 8 nitrogen and oxygen atoms in total. The van der Waals surface area contributed by atoms with Gasteiger partial charge in [0.15, 0.2) is 0 Å². The van der Waals surface area contributed by atoms with Gasteiger partial charge in [0.1, 0.15) is 10.1 Å². The Labute approximate surface area is 153 Å². The van der Waals surface area contributed by atoms with Crippen molar-refractivity contribution in [1.82, 2.24) is 0 Å². The van der Waals surface area contributed by atoms with Crippen LogP contribution in [0, 0.1) is 0 Å². The Morgan fingerprint density at radius 1 is 1.00 bits per heavy atom. The molecule has 0 heterocycles. The van der Waals surface area contributed by atoms with Crippen molar-refractivity contribution in [2.45, 2.75) is 4.90 Å². The molecule has 0 aliphatic heterocycles. The van der Waals surface area contributed by atoms with E-state index in [0.717, 1.165) is 24.3 Å². The molecule has 10 heteroatoms. The maximum atomic E-state index is 11.3. The van der Waals surface area contributed by atoms with Gasteiger partial charge < -0.3 is 14.8 Å². The van der Waals surface area contributed by atoms with Crippen LogP contribution in [0.5, 0.6) is 5.75 Å². The van der Waals surface area contributed by atoms with E-state index in [-0.39, 0.29) is 40.9 Å². The molecule has 0 aromatic heterocycles. The maximum Gasteiger partial charge on any atom is 1.00 e. The van der Waals surface area contributed by atoms with Crippen LogP contribution in [0.4, 0.5) is 11.4 Å². The summed E-state index contributed by atoms with van der Waals surface area (Å²) in [5.74, 6) is -2.01. The first-order valence-electron chi connectivity index (χ1n) is 5.79. The maximum absolute atomic E-state index is 11.3. The number of aromatic carboxylic acids is 1. The van der Waals surface area contributed by atoms with Crippen LogP contribution in [0.3, 0.4) is 0 Å². The summed E-state index contributed by atoms with van der Waals surface area (Å²) < 4.78 is 32.3. The van der Waals surface area contributed by atoms with Crippen molar-refractivity contribution in [3.63, 3.8) is 0 Å². The van der Waals surface area contributed by atoms with Crippen molar-refractivity contribution in [1.29, 1.82) is 0 Å². The first-order chi connectivity index (χ1) is 10.3. The van der Waals surface area contributed by atoms with Gasteiger partial charge in [0, 0.05) is 0 Å². The van der Waals surface area contributed by atoms with Gasteiger partial charge in [-0.25, -0.2) is 13.2 Å². The summed E-state index contributed by atoms with van der Waals surface area (Å²) in [7, 11) is -4.53. The number of azo groups is 1. The molecule has 0 aliphatic rings. The molecule has 114 valence electrons. The number of nitrogens with zero attached hydrogens (tertiary/aromatic N) is 2. The zero-order chi connectivity index (χ0) is 16.3. The average molecular weight is 343 g/mol. The topological polar surface area (TPSA) is 142 Å². The quantitative estimate of drug-likeness (QED) is 0.419. The van der Waals surface area contributed by atoms with E-state index in [1.165, 1.54) is 18.2 Å². The molecule has 0 saturated heterocycles. The minimum absolute atomic E-state index is 0. The molecule has 2 rings (SSSR count). The number of carbonyl (C=O) groups is 1. The minimum Gasteiger partial charge on any atom is -0.872 e.